The smallest absolute Gasteiger partial charge is 0.245 e. The lowest BCUT2D eigenvalue weighted by Gasteiger charge is -2.23. The molecule has 2 atom stereocenters. The molecule has 0 bridgehead atoms. The summed E-state index contributed by atoms with van der Waals surface area (Å²) in [7, 11) is 1.59. The van der Waals surface area contributed by atoms with Gasteiger partial charge in [0, 0.05) is 26.6 Å². The topological polar surface area (TPSA) is 67.9 Å². The maximum absolute atomic E-state index is 12.5. The first-order valence-electron chi connectivity index (χ1n) is 8.38. The van der Waals surface area contributed by atoms with Gasteiger partial charge >= 0.3 is 0 Å². The van der Waals surface area contributed by atoms with Crippen LogP contribution in [-0.2, 0) is 25.5 Å². The Labute approximate surface area is 142 Å². The zero-order chi connectivity index (χ0) is 17.0. The molecule has 6 heteroatoms. The molecule has 2 heterocycles. The van der Waals surface area contributed by atoms with E-state index in [1.807, 2.05) is 35.2 Å². The lowest BCUT2D eigenvalue weighted by Crippen LogP contribution is -2.36. The molecule has 2 fully saturated rings. The van der Waals surface area contributed by atoms with Crippen LogP contribution in [0.15, 0.2) is 30.3 Å². The van der Waals surface area contributed by atoms with Crippen molar-refractivity contribution in [3.05, 3.63) is 35.9 Å². The Bertz CT molecular complexity index is 592. The number of carbonyl (C=O) groups is 2. The predicted molar refractivity (Wildman–Crippen MR) is 88.4 cm³/mol. The second kappa shape index (κ2) is 7.32. The summed E-state index contributed by atoms with van der Waals surface area (Å²) in [5.41, 5.74) is 0.724. The molecule has 2 amide bonds. The predicted octanol–water partition coefficient (Wildman–Crippen LogP) is 0.752. The van der Waals surface area contributed by atoms with Crippen molar-refractivity contribution in [2.75, 3.05) is 33.4 Å². The van der Waals surface area contributed by atoms with E-state index < -0.39 is 0 Å². The highest BCUT2D eigenvalue weighted by molar-refractivity contribution is 5.79. The number of amides is 2. The van der Waals surface area contributed by atoms with E-state index in [9.17, 15) is 9.59 Å². The van der Waals surface area contributed by atoms with Gasteiger partial charge in [0.2, 0.25) is 11.8 Å². The molecular formula is C18H24N2O4. The molecule has 6 nitrogen and oxygen atoms in total. The minimum absolute atomic E-state index is 0.0528. The van der Waals surface area contributed by atoms with E-state index in [1.165, 1.54) is 0 Å². The maximum Gasteiger partial charge on any atom is 0.245 e. The number of carbonyl (C=O) groups excluding carboxylic acids is 2. The summed E-state index contributed by atoms with van der Waals surface area (Å²) in [5, 5.41) is 2.54. The van der Waals surface area contributed by atoms with Crippen molar-refractivity contribution in [2.24, 2.45) is 0 Å². The molecule has 2 saturated heterocycles. The van der Waals surface area contributed by atoms with Crippen molar-refractivity contribution in [3.8, 4) is 0 Å². The molecular weight excluding hydrogens is 308 g/mol. The van der Waals surface area contributed by atoms with E-state index in [0.29, 0.717) is 26.1 Å². The van der Waals surface area contributed by atoms with E-state index in [0.717, 1.165) is 18.4 Å². The van der Waals surface area contributed by atoms with Crippen molar-refractivity contribution < 1.29 is 19.1 Å². The number of likely N-dealkylation sites (N-methyl/N-ethyl adjacent to an activating group) is 1. The van der Waals surface area contributed by atoms with E-state index in [4.69, 9.17) is 9.47 Å². The van der Waals surface area contributed by atoms with Gasteiger partial charge in [-0.1, -0.05) is 30.3 Å². The van der Waals surface area contributed by atoms with Crippen LogP contribution in [0.4, 0.5) is 0 Å². The standard InChI is InChI=1S/C18H24N2O4/c1-19-16(21)12-23-15-10-18(24-11-15)7-8-20(13-18)17(22)9-14-5-3-2-4-6-14/h2-6,15H,7-13H2,1H3,(H,19,21). The Balaban J connectivity index is 1.50. The van der Waals surface area contributed by atoms with E-state index >= 15 is 0 Å². The van der Waals surface area contributed by atoms with Crippen LogP contribution < -0.4 is 5.32 Å². The molecule has 1 N–H and O–H groups in total. The van der Waals surface area contributed by atoms with Gasteiger partial charge in [-0.05, 0) is 12.0 Å². The first-order valence-corrected chi connectivity index (χ1v) is 8.38. The number of hydrogen-bond acceptors (Lipinski definition) is 4. The molecule has 0 aromatic heterocycles. The molecule has 3 rings (SSSR count). The fraction of sp³-hybridized carbons (Fsp3) is 0.556. The number of rotatable bonds is 5. The molecule has 0 aliphatic carbocycles. The monoisotopic (exact) mass is 332 g/mol. The first kappa shape index (κ1) is 16.9. The summed E-state index contributed by atoms with van der Waals surface area (Å²) >= 11 is 0. The molecule has 1 spiro atoms. The number of nitrogens with one attached hydrogen (secondary N) is 1. The van der Waals surface area contributed by atoms with Crippen molar-refractivity contribution in [1.82, 2.24) is 10.2 Å². The summed E-state index contributed by atoms with van der Waals surface area (Å²) in [6.07, 6.45) is 1.91. The first-order chi connectivity index (χ1) is 11.6. The van der Waals surface area contributed by atoms with Gasteiger partial charge in [0.15, 0.2) is 0 Å². The van der Waals surface area contributed by atoms with Gasteiger partial charge in [0.1, 0.15) is 6.61 Å². The minimum Gasteiger partial charge on any atom is -0.370 e. The molecule has 0 saturated carbocycles. The molecule has 2 aliphatic heterocycles. The summed E-state index contributed by atoms with van der Waals surface area (Å²) in [4.78, 5) is 25.6. The highest BCUT2D eigenvalue weighted by Gasteiger charge is 2.47. The van der Waals surface area contributed by atoms with Gasteiger partial charge in [-0.15, -0.1) is 0 Å². The summed E-state index contributed by atoms with van der Waals surface area (Å²) in [5.74, 6) is -0.00144. The third kappa shape index (κ3) is 3.94. The molecule has 1 aromatic rings. The second-order valence-electron chi connectivity index (χ2n) is 6.53. The Kier molecular flexibility index (Phi) is 5.16. The Hall–Kier alpha value is -1.92. The van der Waals surface area contributed by atoms with E-state index in [-0.39, 0.29) is 30.1 Å². The van der Waals surface area contributed by atoms with Gasteiger partial charge in [0.25, 0.3) is 0 Å². The lowest BCUT2D eigenvalue weighted by molar-refractivity contribution is -0.130. The van der Waals surface area contributed by atoms with Crippen LogP contribution in [0.5, 0.6) is 0 Å². The van der Waals surface area contributed by atoms with Crippen LogP contribution in [0.3, 0.4) is 0 Å². The van der Waals surface area contributed by atoms with Crippen molar-refractivity contribution in [2.45, 2.75) is 31.0 Å². The van der Waals surface area contributed by atoms with Crippen LogP contribution in [0, 0.1) is 0 Å². The van der Waals surface area contributed by atoms with Crippen molar-refractivity contribution in [3.63, 3.8) is 0 Å². The molecule has 1 aromatic carbocycles. The molecule has 130 valence electrons. The summed E-state index contributed by atoms with van der Waals surface area (Å²) in [6, 6.07) is 9.78. The van der Waals surface area contributed by atoms with Gasteiger partial charge in [0.05, 0.1) is 24.7 Å². The second-order valence-corrected chi connectivity index (χ2v) is 6.53. The highest BCUT2D eigenvalue weighted by Crippen LogP contribution is 2.36. The zero-order valence-electron chi connectivity index (χ0n) is 14.0. The fourth-order valence-corrected chi connectivity index (χ4v) is 3.40. The number of hydrogen-bond donors (Lipinski definition) is 1. The van der Waals surface area contributed by atoms with Crippen molar-refractivity contribution >= 4 is 11.8 Å². The minimum atomic E-state index is -0.306. The number of benzene rings is 1. The Morgan fingerprint density at radius 3 is 2.92 bits per heavy atom. The van der Waals surface area contributed by atoms with Gasteiger partial charge in [-0.3, -0.25) is 9.59 Å². The average molecular weight is 332 g/mol. The molecule has 2 aliphatic rings. The highest BCUT2D eigenvalue weighted by atomic mass is 16.6. The fourth-order valence-electron chi connectivity index (χ4n) is 3.40. The SMILES string of the molecule is CNC(=O)COC1COC2(CCN(C(=O)Cc3ccccc3)C2)C1. The zero-order valence-corrected chi connectivity index (χ0v) is 14.0. The van der Waals surface area contributed by atoms with Crippen LogP contribution >= 0.6 is 0 Å². The average Bonchev–Trinajstić information content (AvgIpc) is 3.21. The van der Waals surface area contributed by atoms with Gasteiger partial charge in [-0.25, -0.2) is 0 Å². The quantitative estimate of drug-likeness (QED) is 0.864. The number of likely N-dealkylation sites (tertiary alicyclic amines) is 1. The number of ether oxygens (including phenoxy) is 2. The normalized spacial score (nSPS) is 26.0. The van der Waals surface area contributed by atoms with Crippen LogP contribution in [0.1, 0.15) is 18.4 Å². The largest absolute Gasteiger partial charge is 0.370 e. The van der Waals surface area contributed by atoms with Crippen LogP contribution in [0.25, 0.3) is 0 Å². The van der Waals surface area contributed by atoms with Crippen LogP contribution in [-0.4, -0.2) is 61.8 Å². The third-order valence-corrected chi connectivity index (χ3v) is 4.77. The Morgan fingerprint density at radius 1 is 1.38 bits per heavy atom. The van der Waals surface area contributed by atoms with E-state index in [1.54, 1.807) is 7.05 Å². The van der Waals surface area contributed by atoms with Gasteiger partial charge in [-0.2, -0.15) is 0 Å². The third-order valence-electron chi connectivity index (χ3n) is 4.77. The number of nitrogens with zero attached hydrogens (tertiary/aromatic N) is 1. The van der Waals surface area contributed by atoms with Gasteiger partial charge < -0.3 is 19.7 Å². The van der Waals surface area contributed by atoms with Crippen LogP contribution in [0.2, 0.25) is 0 Å². The Morgan fingerprint density at radius 2 is 2.17 bits per heavy atom. The molecule has 24 heavy (non-hydrogen) atoms. The lowest BCUT2D eigenvalue weighted by atomic mass is 9.98. The van der Waals surface area contributed by atoms with E-state index in [2.05, 4.69) is 5.32 Å². The maximum atomic E-state index is 12.5. The molecule has 0 radical (unpaired) electrons. The summed E-state index contributed by atoms with van der Waals surface area (Å²) < 4.78 is 11.6. The molecule has 2 unspecified atom stereocenters. The van der Waals surface area contributed by atoms with Crippen molar-refractivity contribution in [1.29, 1.82) is 0 Å². The summed E-state index contributed by atoms with van der Waals surface area (Å²) in [6.45, 7) is 1.86.